The lowest BCUT2D eigenvalue weighted by molar-refractivity contribution is -0.136. The highest BCUT2D eigenvalue weighted by atomic mass is 16.4. The molecule has 1 rings (SSSR count). The molecule has 1 aliphatic rings. The molecule has 0 aliphatic heterocycles. The van der Waals surface area contributed by atoms with Crippen LogP contribution in [0, 0.1) is 0 Å². The van der Waals surface area contributed by atoms with Crippen molar-refractivity contribution >= 4 is 11.8 Å². The second-order valence-corrected chi connectivity index (χ2v) is 2.32. The van der Waals surface area contributed by atoms with E-state index >= 15 is 0 Å². The number of aliphatic carboxylic acids is 1. The van der Waals surface area contributed by atoms with Crippen LogP contribution in [-0.4, -0.2) is 28.1 Å². The van der Waals surface area contributed by atoms with Crippen molar-refractivity contribution in [3.63, 3.8) is 0 Å². The number of aliphatic hydroxyl groups is 1. The quantitative estimate of drug-likeness (QED) is 0.457. The second kappa shape index (κ2) is 2.78. The average molecular weight is 169 g/mol. The molecule has 0 aromatic rings. The van der Waals surface area contributed by atoms with Crippen molar-refractivity contribution in [3.8, 4) is 0 Å². The molecule has 0 amide bonds. The van der Waals surface area contributed by atoms with E-state index in [0.717, 1.165) is 6.08 Å². The van der Waals surface area contributed by atoms with E-state index in [1.165, 1.54) is 6.08 Å². The van der Waals surface area contributed by atoms with Gasteiger partial charge >= 0.3 is 5.97 Å². The van der Waals surface area contributed by atoms with Crippen LogP contribution >= 0.6 is 0 Å². The number of aliphatic hydroxyl groups excluding tert-OH is 1. The minimum Gasteiger partial charge on any atom is -0.478 e. The highest BCUT2D eigenvalue weighted by molar-refractivity contribution is 6.07. The van der Waals surface area contributed by atoms with Crippen LogP contribution in [0.5, 0.6) is 0 Å². The summed E-state index contributed by atoms with van der Waals surface area (Å²) < 4.78 is 0. The number of carboxylic acid groups (broad SMARTS) is 1. The number of allylic oxidation sites excluding steroid dienone is 2. The van der Waals surface area contributed by atoms with E-state index in [1.54, 1.807) is 0 Å². The molecule has 0 bridgehead atoms. The molecule has 0 fully saturated rings. The zero-order chi connectivity index (χ0) is 9.30. The number of Topliss-reactive ketones (excluding diaryl/α,β-unsaturated/α-hetero) is 1. The Hall–Kier alpha value is -1.62. The van der Waals surface area contributed by atoms with Gasteiger partial charge in [0.15, 0.2) is 6.10 Å². The summed E-state index contributed by atoms with van der Waals surface area (Å²) in [4.78, 5) is 21.3. The van der Waals surface area contributed by atoms with Crippen molar-refractivity contribution in [1.29, 1.82) is 0 Å². The van der Waals surface area contributed by atoms with Gasteiger partial charge in [0.1, 0.15) is 0 Å². The summed E-state index contributed by atoms with van der Waals surface area (Å²) in [6.07, 6.45) is 0.648. The molecule has 0 saturated heterocycles. The normalized spacial score (nSPS) is 23.1. The van der Waals surface area contributed by atoms with Crippen molar-refractivity contribution in [2.75, 3.05) is 0 Å². The number of nitrogens with two attached hydrogens (primary N) is 1. The fourth-order valence-electron chi connectivity index (χ4n) is 0.840. The zero-order valence-corrected chi connectivity index (χ0v) is 6.02. The van der Waals surface area contributed by atoms with E-state index in [4.69, 9.17) is 15.9 Å². The molecular weight excluding hydrogens is 162 g/mol. The number of carbonyl (C=O) groups excluding carboxylic acids is 1. The van der Waals surface area contributed by atoms with Gasteiger partial charge in [-0.25, -0.2) is 4.79 Å². The Balaban J connectivity index is 3.06. The standard InChI is InChI=1S/C7H7NO4/c8-4-2-1-3(7(11)12)5(9)6(4)10/h1-2,5,9H,8H2,(H,11,12). The number of ketones is 1. The Labute approximate surface area is 67.8 Å². The molecule has 0 aromatic heterocycles. The van der Waals surface area contributed by atoms with Crippen LogP contribution in [0.15, 0.2) is 23.4 Å². The van der Waals surface area contributed by atoms with Gasteiger partial charge < -0.3 is 15.9 Å². The van der Waals surface area contributed by atoms with Crippen LogP contribution in [0.3, 0.4) is 0 Å². The number of hydrogen-bond acceptors (Lipinski definition) is 4. The Morgan fingerprint density at radius 1 is 1.50 bits per heavy atom. The van der Waals surface area contributed by atoms with Gasteiger partial charge in [0.05, 0.1) is 11.3 Å². The molecule has 5 heteroatoms. The van der Waals surface area contributed by atoms with Crippen LogP contribution in [0.4, 0.5) is 0 Å². The van der Waals surface area contributed by atoms with E-state index in [0.29, 0.717) is 0 Å². The molecule has 12 heavy (non-hydrogen) atoms. The smallest absolute Gasteiger partial charge is 0.334 e. The van der Waals surface area contributed by atoms with E-state index < -0.39 is 17.9 Å². The summed E-state index contributed by atoms with van der Waals surface area (Å²) in [6.45, 7) is 0. The summed E-state index contributed by atoms with van der Waals surface area (Å²) in [6, 6.07) is 0. The Kier molecular flexibility index (Phi) is 1.97. The van der Waals surface area contributed by atoms with Gasteiger partial charge in [-0.1, -0.05) is 0 Å². The van der Waals surface area contributed by atoms with E-state index in [2.05, 4.69) is 0 Å². The van der Waals surface area contributed by atoms with Crippen molar-refractivity contribution in [2.24, 2.45) is 5.73 Å². The lowest BCUT2D eigenvalue weighted by Crippen LogP contribution is -2.33. The van der Waals surface area contributed by atoms with Crippen molar-refractivity contribution in [2.45, 2.75) is 6.10 Å². The highest BCUT2D eigenvalue weighted by Gasteiger charge is 2.28. The third-order valence-corrected chi connectivity index (χ3v) is 1.52. The predicted molar refractivity (Wildman–Crippen MR) is 39.0 cm³/mol. The molecule has 1 atom stereocenters. The first-order chi connectivity index (χ1) is 5.54. The maximum atomic E-state index is 10.9. The first kappa shape index (κ1) is 8.48. The van der Waals surface area contributed by atoms with Crippen LogP contribution in [0.1, 0.15) is 0 Å². The van der Waals surface area contributed by atoms with E-state index in [1.807, 2.05) is 0 Å². The van der Waals surface area contributed by atoms with Crippen molar-refractivity contribution in [3.05, 3.63) is 23.4 Å². The summed E-state index contributed by atoms with van der Waals surface area (Å²) in [7, 11) is 0. The third kappa shape index (κ3) is 1.22. The fourth-order valence-corrected chi connectivity index (χ4v) is 0.840. The molecular formula is C7H7NO4. The molecule has 0 saturated carbocycles. The fraction of sp³-hybridized carbons (Fsp3) is 0.143. The van der Waals surface area contributed by atoms with Crippen LogP contribution in [0.2, 0.25) is 0 Å². The van der Waals surface area contributed by atoms with E-state index in [-0.39, 0.29) is 11.3 Å². The first-order valence-electron chi connectivity index (χ1n) is 3.17. The van der Waals surface area contributed by atoms with Crippen molar-refractivity contribution < 1.29 is 19.8 Å². The minimum atomic E-state index is -1.63. The highest BCUT2D eigenvalue weighted by Crippen LogP contribution is 2.12. The monoisotopic (exact) mass is 169 g/mol. The zero-order valence-electron chi connectivity index (χ0n) is 6.02. The van der Waals surface area contributed by atoms with Gasteiger partial charge in [0, 0.05) is 0 Å². The molecule has 64 valence electrons. The second-order valence-electron chi connectivity index (χ2n) is 2.32. The molecule has 1 aliphatic carbocycles. The Morgan fingerprint density at radius 3 is 2.58 bits per heavy atom. The summed E-state index contributed by atoms with van der Waals surface area (Å²) in [5.41, 5.74) is 4.66. The summed E-state index contributed by atoms with van der Waals surface area (Å²) >= 11 is 0. The van der Waals surface area contributed by atoms with Gasteiger partial charge in [0.2, 0.25) is 5.78 Å². The van der Waals surface area contributed by atoms with Crippen LogP contribution in [0.25, 0.3) is 0 Å². The number of hydrogen-bond donors (Lipinski definition) is 3. The summed E-state index contributed by atoms with van der Waals surface area (Å²) in [5, 5.41) is 17.5. The van der Waals surface area contributed by atoms with Crippen LogP contribution in [-0.2, 0) is 9.59 Å². The van der Waals surface area contributed by atoms with Gasteiger partial charge in [-0.3, -0.25) is 4.79 Å². The van der Waals surface area contributed by atoms with Gasteiger partial charge in [-0.15, -0.1) is 0 Å². The Bertz CT molecular complexity index is 303. The molecule has 5 nitrogen and oxygen atoms in total. The summed E-state index contributed by atoms with van der Waals surface area (Å²) in [5.74, 6) is -2.09. The minimum absolute atomic E-state index is 0.132. The predicted octanol–water partition coefficient (Wildman–Crippen LogP) is -1.22. The largest absolute Gasteiger partial charge is 0.478 e. The SMILES string of the molecule is NC1=CC=C(C(=O)O)C(O)C1=O. The van der Waals surface area contributed by atoms with Gasteiger partial charge in [-0.05, 0) is 12.2 Å². The maximum Gasteiger partial charge on any atom is 0.334 e. The topological polar surface area (TPSA) is 101 Å². The lowest BCUT2D eigenvalue weighted by Gasteiger charge is -2.13. The molecule has 0 heterocycles. The lowest BCUT2D eigenvalue weighted by atomic mass is 9.98. The van der Waals surface area contributed by atoms with Crippen LogP contribution < -0.4 is 5.73 Å². The van der Waals surface area contributed by atoms with E-state index in [9.17, 15) is 9.59 Å². The maximum absolute atomic E-state index is 10.9. The average Bonchev–Trinajstić information content (AvgIpc) is 2.00. The molecule has 4 N–H and O–H groups in total. The number of rotatable bonds is 1. The Morgan fingerprint density at radius 2 is 2.08 bits per heavy atom. The van der Waals surface area contributed by atoms with Gasteiger partial charge in [0.25, 0.3) is 0 Å². The number of carboxylic acids is 1. The molecule has 0 spiro atoms. The van der Waals surface area contributed by atoms with Gasteiger partial charge in [-0.2, -0.15) is 0 Å². The van der Waals surface area contributed by atoms with Crippen molar-refractivity contribution in [1.82, 2.24) is 0 Å². The molecule has 0 radical (unpaired) electrons. The molecule has 1 unspecified atom stereocenters. The third-order valence-electron chi connectivity index (χ3n) is 1.52. The first-order valence-corrected chi connectivity index (χ1v) is 3.17. The molecule has 0 aromatic carbocycles. The number of carbonyl (C=O) groups is 2.